The zero-order valence-corrected chi connectivity index (χ0v) is 11.8. The average molecular weight is 225 g/mol. The van der Waals surface area contributed by atoms with E-state index in [1.807, 2.05) is 0 Å². The van der Waals surface area contributed by atoms with Gasteiger partial charge in [0.2, 0.25) is 0 Å². The monoisotopic (exact) mass is 225 g/mol. The summed E-state index contributed by atoms with van der Waals surface area (Å²) in [5.74, 6) is 1.02. The van der Waals surface area contributed by atoms with E-state index in [-0.39, 0.29) is 0 Å². The van der Waals surface area contributed by atoms with Crippen molar-refractivity contribution in [2.75, 3.05) is 0 Å². The maximum absolute atomic E-state index is 3.90. The van der Waals surface area contributed by atoms with E-state index in [0.717, 1.165) is 12.3 Å². The van der Waals surface area contributed by atoms with E-state index in [9.17, 15) is 0 Å². The van der Waals surface area contributed by atoms with Crippen molar-refractivity contribution in [1.29, 1.82) is 0 Å². The van der Waals surface area contributed by atoms with E-state index in [1.54, 1.807) is 0 Å². The molecule has 0 fully saturated rings. The first-order valence-corrected chi connectivity index (χ1v) is 7.64. The largest absolute Gasteiger partial charge is 0.0654 e. The lowest BCUT2D eigenvalue weighted by Crippen LogP contribution is -2.00. The fourth-order valence-corrected chi connectivity index (χ4v) is 2.49. The van der Waals surface area contributed by atoms with Crippen molar-refractivity contribution in [3.63, 3.8) is 0 Å². The van der Waals surface area contributed by atoms with Gasteiger partial charge in [0.1, 0.15) is 0 Å². The highest BCUT2D eigenvalue weighted by Gasteiger charge is 2.06. The molecule has 0 aliphatic carbocycles. The molecule has 0 amide bonds. The minimum absolute atomic E-state index is 1.02. The lowest BCUT2D eigenvalue weighted by Gasteiger charge is -2.15. The summed E-state index contributed by atoms with van der Waals surface area (Å²) in [6, 6.07) is 0. The summed E-state index contributed by atoms with van der Waals surface area (Å²) >= 11 is 0. The van der Waals surface area contributed by atoms with Gasteiger partial charge in [-0.05, 0) is 5.92 Å². The van der Waals surface area contributed by atoms with Gasteiger partial charge in [0.25, 0.3) is 0 Å². The van der Waals surface area contributed by atoms with Gasteiger partial charge >= 0.3 is 0 Å². The first-order chi connectivity index (χ1) is 7.85. The maximum Gasteiger partial charge on any atom is -0.0414 e. The minimum atomic E-state index is 1.02. The molecule has 0 heteroatoms. The second-order valence-electron chi connectivity index (χ2n) is 5.21. The molecule has 97 valence electrons. The van der Waals surface area contributed by atoms with Crippen molar-refractivity contribution >= 4 is 0 Å². The molecular formula is C16H33. The van der Waals surface area contributed by atoms with Crippen LogP contribution in [0.4, 0.5) is 0 Å². The Hall–Kier alpha value is 0. The van der Waals surface area contributed by atoms with Crippen LogP contribution in [-0.4, -0.2) is 0 Å². The van der Waals surface area contributed by atoms with Crippen molar-refractivity contribution in [2.45, 2.75) is 90.9 Å². The van der Waals surface area contributed by atoms with Crippen LogP contribution in [0.5, 0.6) is 0 Å². The molecule has 0 aromatic heterocycles. The highest BCUT2D eigenvalue weighted by Crippen LogP contribution is 2.22. The SMILES string of the molecule is [CH2]CCCCCCC(CCC)CCCCC. The summed E-state index contributed by atoms with van der Waals surface area (Å²) in [6.45, 7) is 8.53. The van der Waals surface area contributed by atoms with Crippen molar-refractivity contribution in [3.8, 4) is 0 Å². The zero-order valence-electron chi connectivity index (χ0n) is 11.8. The molecule has 1 radical (unpaired) electrons. The molecule has 1 atom stereocenters. The Bertz CT molecular complexity index is 117. The van der Waals surface area contributed by atoms with Crippen LogP contribution in [-0.2, 0) is 0 Å². The molecule has 0 spiro atoms. The molecule has 0 saturated heterocycles. The van der Waals surface area contributed by atoms with Crippen LogP contribution in [0.1, 0.15) is 90.9 Å². The smallest absolute Gasteiger partial charge is 0.0414 e. The third-order valence-electron chi connectivity index (χ3n) is 3.53. The molecule has 0 aromatic rings. The van der Waals surface area contributed by atoms with Gasteiger partial charge in [-0.2, -0.15) is 0 Å². The first kappa shape index (κ1) is 16.0. The highest BCUT2D eigenvalue weighted by molar-refractivity contribution is 4.60. The standard InChI is InChI=1S/C16H33/c1-4-7-9-10-12-15-16(13-6-3)14-11-8-5-2/h16H,1,4-15H2,2-3H3. The Labute approximate surface area is 104 Å². The van der Waals surface area contributed by atoms with Crippen LogP contribution in [0, 0.1) is 12.8 Å². The van der Waals surface area contributed by atoms with E-state index < -0.39 is 0 Å². The van der Waals surface area contributed by atoms with Crippen LogP contribution in [0.3, 0.4) is 0 Å². The van der Waals surface area contributed by atoms with Gasteiger partial charge in [0, 0.05) is 0 Å². The molecule has 0 aliphatic heterocycles. The lowest BCUT2D eigenvalue weighted by molar-refractivity contribution is 0.380. The topological polar surface area (TPSA) is 0 Å². The van der Waals surface area contributed by atoms with Gasteiger partial charge < -0.3 is 0 Å². The van der Waals surface area contributed by atoms with Gasteiger partial charge in [-0.15, -0.1) is 0 Å². The van der Waals surface area contributed by atoms with Crippen LogP contribution < -0.4 is 0 Å². The first-order valence-electron chi connectivity index (χ1n) is 7.64. The Morgan fingerprint density at radius 1 is 0.688 bits per heavy atom. The Morgan fingerprint density at radius 2 is 1.31 bits per heavy atom. The number of hydrogen-bond donors (Lipinski definition) is 0. The molecule has 0 rings (SSSR count). The van der Waals surface area contributed by atoms with E-state index >= 15 is 0 Å². The van der Waals surface area contributed by atoms with Crippen molar-refractivity contribution in [1.82, 2.24) is 0 Å². The Morgan fingerprint density at radius 3 is 1.88 bits per heavy atom. The molecule has 1 unspecified atom stereocenters. The summed E-state index contributed by atoms with van der Waals surface area (Å²) in [4.78, 5) is 0. The third-order valence-corrected chi connectivity index (χ3v) is 3.53. The molecule has 0 nitrogen and oxygen atoms in total. The quantitative estimate of drug-likeness (QED) is 0.349. The fraction of sp³-hybridized carbons (Fsp3) is 0.938. The molecule has 16 heavy (non-hydrogen) atoms. The number of hydrogen-bond acceptors (Lipinski definition) is 0. The van der Waals surface area contributed by atoms with Gasteiger partial charge in [-0.1, -0.05) is 97.8 Å². The summed E-state index contributed by atoms with van der Waals surface area (Å²) in [5.41, 5.74) is 0. The van der Waals surface area contributed by atoms with Crippen LogP contribution >= 0.6 is 0 Å². The van der Waals surface area contributed by atoms with Gasteiger partial charge in [-0.25, -0.2) is 0 Å². The predicted octanol–water partition coefficient (Wildman–Crippen LogP) is 6.16. The maximum atomic E-state index is 3.90. The van der Waals surface area contributed by atoms with E-state index in [1.165, 1.54) is 70.6 Å². The van der Waals surface area contributed by atoms with Crippen LogP contribution in [0.2, 0.25) is 0 Å². The zero-order chi connectivity index (χ0) is 12.1. The molecule has 0 N–H and O–H groups in total. The molecular weight excluding hydrogens is 192 g/mol. The summed E-state index contributed by atoms with van der Waals surface area (Å²) < 4.78 is 0. The van der Waals surface area contributed by atoms with Gasteiger partial charge in [0.15, 0.2) is 0 Å². The molecule has 0 bridgehead atoms. The second kappa shape index (κ2) is 13.1. The normalized spacial score (nSPS) is 12.9. The van der Waals surface area contributed by atoms with Crippen molar-refractivity contribution in [3.05, 3.63) is 6.92 Å². The number of rotatable bonds is 12. The van der Waals surface area contributed by atoms with E-state index in [0.29, 0.717) is 0 Å². The summed E-state index contributed by atoms with van der Waals surface area (Å²) in [5, 5.41) is 0. The molecule has 0 aromatic carbocycles. The van der Waals surface area contributed by atoms with Crippen molar-refractivity contribution in [2.24, 2.45) is 5.92 Å². The second-order valence-corrected chi connectivity index (χ2v) is 5.21. The van der Waals surface area contributed by atoms with Crippen LogP contribution in [0.15, 0.2) is 0 Å². The number of unbranched alkanes of at least 4 members (excludes halogenated alkanes) is 6. The van der Waals surface area contributed by atoms with Gasteiger partial charge in [-0.3, -0.25) is 0 Å². The lowest BCUT2D eigenvalue weighted by atomic mass is 9.91. The highest BCUT2D eigenvalue weighted by atomic mass is 14.1. The van der Waals surface area contributed by atoms with E-state index in [4.69, 9.17) is 0 Å². The fourth-order valence-electron chi connectivity index (χ4n) is 2.49. The molecule has 0 saturated carbocycles. The Kier molecular flexibility index (Phi) is 13.1. The van der Waals surface area contributed by atoms with Crippen LogP contribution in [0.25, 0.3) is 0 Å². The average Bonchev–Trinajstić information content (AvgIpc) is 2.29. The summed E-state index contributed by atoms with van der Waals surface area (Å²) in [7, 11) is 0. The Balaban J connectivity index is 3.43. The van der Waals surface area contributed by atoms with E-state index in [2.05, 4.69) is 20.8 Å². The molecule has 0 heterocycles. The minimum Gasteiger partial charge on any atom is -0.0654 e. The van der Waals surface area contributed by atoms with Gasteiger partial charge in [0.05, 0.1) is 0 Å². The summed E-state index contributed by atoms with van der Waals surface area (Å²) in [6.07, 6.45) is 16.8. The van der Waals surface area contributed by atoms with Crippen molar-refractivity contribution < 1.29 is 0 Å². The third kappa shape index (κ3) is 10.5. The molecule has 0 aliphatic rings. The predicted molar refractivity (Wildman–Crippen MR) is 75.6 cm³/mol.